The quantitative estimate of drug-likeness (QED) is 0.537. The second kappa shape index (κ2) is 9.64. The number of carbonyl (C=O) groups is 1. The molecule has 2 aliphatic heterocycles. The number of thiazole rings is 1. The van der Waals surface area contributed by atoms with Crippen LogP contribution in [0.3, 0.4) is 0 Å². The van der Waals surface area contributed by atoms with Gasteiger partial charge in [0.05, 0.1) is 21.0 Å². The van der Waals surface area contributed by atoms with Crippen molar-refractivity contribution in [2.24, 2.45) is 5.92 Å². The lowest BCUT2D eigenvalue weighted by Gasteiger charge is -2.38. The van der Waals surface area contributed by atoms with Gasteiger partial charge in [0.1, 0.15) is 0 Å². The minimum atomic E-state index is -3.58. The molecule has 9 heteroatoms. The summed E-state index contributed by atoms with van der Waals surface area (Å²) in [5.74, 6) is -0.210. The van der Waals surface area contributed by atoms with Gasteiger partial charge in [-0.05, 0) is 43.0 Å². The molecule has 0 radical (unpaired) electrons. The van der Waals surface area contributed by atoms with Crippen LogP contribution in [0.2, 0.25) is 0 Å². The van der Waals surface area contributed by atoms with E-state index in [1.54, 1.807) is 41.7 Å². The van der Waals surface area contributed by atoms with Gasteiger partial charge in [-0.25, -0.2) is 13.4 Å². The number of fused-ring (bicyclic) bond motifs is 1. The molecule has 34 heavy (non-hydrogen) atoms. The molecule has 1 amide bonds. The summed E-state index contributed by atoms with van der Waals surface area (Å²) >= 11 is 1.71. The Kier molecular flexibility index (Phi) is 6.59. The standard InChI is InChI=1S/C25H30N4O3S2/c1-2-19-8-6-12-22-23(19)26-25(33-22)28-16-14-27(15-17-28)24(30)20-9-7-13-29(18-20)34(31,32)21-10-4-3-5-11-21/h3-6,8,10-12,20H,2,7,9,13-18H2,1H3. The van der Waals surface area contributed by atoms with Crippen LogP contribution in [0.1, 0.15) is 25.3 Å². The Labute approximate surface area is 205 Å². The van der Waals surface area contributed by atoms with Crippen LogP contribution in [0, 0.1) is 5.92 Å². The second-order valence-corrected chi connectivity index (χ2v) is 11.9. The van der Waals surface area contributed by atoms with E-state index in [0.717, 1.165) is 36.6 Å². The Bertz CT molecular complexity index is 1270. The molecule has 3 heterocycles. The van der Waals surface area contributed by atoms with Crippen LogP contribution in [0.4, 0.5) is 5.13 Å². The van der Waals surface area contributed by atoms with Crippen molar-refractivity contribution in [2.75, 3.05) is 44.2 Å². The Morgan fingerprint density at radius 3 is 2.53 bits per heavy atom. The fourth-order valence-electron chi connectivity index (χ4n) is 4.89. The van der Waals surface area contributed by atoms with Crippen LogP contribution >= 0.6 is 11.3 Å². The maximum absolute atomic E-state index is 13.3. The van der Waals surface area contributed by atoms with Gasteiger partial charge in [0.15, 0.2) is 5.13 Å². The third-order valence-electron chi connectivity index (χ3n) is 6.85. The van der Waals surface area contributed by atoms with Gasteiger partial charge in [0.2, 0.25) is 15.9 Å². The average Bonchev–Trinajstić information content (AvgIpc) is 3.33. The van der Waals surface area contributed by atoms with Crippen LogP contribution in [0.25, 0.3) is 10.2 Å². The van der Waals surface area contributed by atoms with Crippen LogP contribution < -0.4 is 4.90 Å². The second-order valence-electron chi connectivity index (χ2n) is 8.94. The Balaban J connectivity index is 1.23. The molecule has 0 N–H and O–H groups in total. The van der Waals surface area contributed by atoms with Gasteiger partial charge in [-0.15, -0.1) is 0 Å². The van der Waals surface area contributed by atoms with Gasteiger partial charge >= 0.3 is 0 Å². The van der Waals surface area contributed by atoms with E-state index in [1.807, 2.05) is 4.90 Å². The first kappa shape index (κ1) is 23.3. The van der Waals surface area contributed by atoms with Crippen LogP contribution in [-0.4, -0.2) is 67.8 Å². The maximum Gasteiger partial charge on any atom is 0.243 e. The van der Waals surface area contributed by atoms with E-state index < -0.39 is 10.0 Å². The van der Waals surface area contributed by atoms with Gasteiger partial charge in [-0.2, -0.15) is 4.31 Å². The number of para-hydroxylation sites is 1. The van der Waals surface area contributed by atoms with Crippen LogP contribution in [0.15, 0.2) is 53.4 Å². The van der Waals surface area contributed by atoms with Gasteiger partial charge in [-0.3, -0.25) is 4.79 Å². The van der Waals surface area contributed by atoms with Crippen molar-refractivity contribution < 1.29 is 13.2 Å². The minimum absolute atomic E-state index is 0.0742. The summed E-state index contributed by atoms with van der Waals surface area (Å²) in [5.41, 5.74) is 2.35. The topological polar surface area (TPSA) is 73.8 Å². The molecule has 0 spiro atoms. The number of carbonyl (C=O) groups excluding carboxylic acids is 1. The summed E-state index contributed by atoms with van der Waals surface area (Å²) in [6.07, 6.45) is 2.40. The summed E-state index contributed by atoms with van der Waals surface area (Å²) < 4.78 is 28.8. The molecule has 2 saturated heterocycles. The largest absolute Gasteiger partial charge is 0.345 e. The monoisotopic (exact) mass is 498 g/mol. The SMILES string of the molecule is CCc1cccc2sc(N3CCN(C(=O)C4CCCN(S(=O)(=O)c5ccccc5)C4)CC3)nc12. The van der Waals surface area contributed by atoms with Crippen molar-refractivity contribution in [1.82, 2.24) is 14.2 Å². The number of aryl methyl sites for hydroxylation is 1. The number of hydrogen-bond donors (Lipinski definition) is 0. The molecular formula is C25H30N4O3S2. The smallest absolute Gasteiger partial charge is 0.243 e. The third kappa shape index (κ3) is 4.44. The van der Waals surface area contributed by atoms with Gasteiger partial charge in [0, 0.05) is 39.3 Å². The highest BCUT2D eigenvalue weighted by molar-refractivity contribution is 7.89. The molecule has 180 valence electrons. The number of piperidine rings is 1. The van der Waals surface area contributed by atoms with Gasteiger partial charge in [-0.1, -0.05) is 48.6 Å². The molecule has 7 nitrogen and oxygen atoms in total. The highest BCUT2D eigenvalue weighted by atomic mass is 32.2. The number of benzene rings is 2. The Morgan fingerprint density at radius 2 is 1.79 bits per heavy atom. The molecule has 0 bridgehead atoms. The summed E-state index contributed by atoms with van der Waals surface area (Å²) in [6.45, 7) is 5.63. The molecule has 1 atom stereocenters. The van der Waals surface area contributed by atoms with Crippen molar-refractivity contribution in [3.63, 3.8) is 0 Å². The highest BCUT2D eigenvalue weighted by Gasteiger charge is 2.36. The number of nitrogens with zero attached hydrogens (tertiary/aromatic N) is 4. The summed E-state index contributed by atoms with van der Waals surface area (Å²) in [4.78, 5) is 22.7. The number of piperazine rings is 1. The molecular weight excluding hydrogens is 468 g/mol. The van der Waals surface area contributed by atoms with Crippen molar-refractivity contribution in [3.8, 4) is 0 Å². The molecule has 1 aromatic heterocycles. The van der Waals surface area contributed by atoms with Crippen LogP contribution in [0.5, 0.6) is 0 Å². The fraction of sp³-hybridized carbons (Fsp3) is 0.440. The lowest BCUT2D eigenvalue weighted by atomic mass is 9.98. The number of hydrogen-bond acceptors (Lipinski definition) is 6. The Hall–Kier alpha value is -2.49. The van der Waals surface area contributed by atoms with Crippen molar-refractivity contribution in [1.29, 1.82) is 0 Å². The number of amides is 1. The minimum Gasteiger partial charge on any atom is -0.345 e. The zero-order valence-electron chi connectivity index (χ0n) is 19.4. The molecule has 0 aliphatic carbocycles. The molecule has 3 aromatic rings. The lowest BCUT2D eigenvalue weighted by Crippen LogP contribution is -2.53. The van der Waals surface area contributed by atoms with E-state index >= 15 is 0 Å². The van der Waals surface area contributed by atoms with E-state index in [-0.39, 0.29) is 18.4 Å². The van der Waals surface area contributed by atoms with E-state index in [1.165, 1.54) is 14.6 Å². The predicted octanol–water partition coefficient (Wildman–Crippen LogP) is 3.61. The zero-order chi connectivity index (χ0) is 23.7. The molecule has 0 saturated carbocycles. The molecule has 2 aromatic carbocycles. The Morgan fingerprint density at radius 1 is 1.03 bits per heavy atom. The summed E-state index contributed by atoms with van der Waals surface area (Å²) in [5, 5.41) is 1.01. The number of anilines is 1. The first-order chi connectivity index (χ1) is 16.5. The first-order valence-electron chi connectivity index (χ1n) is 11.9. The van der Waals surface area contributed by atoms with Crippen LogP contribution in [-0.2, 0) is 21.2 Å². The van der Waals surface area contributed by atoms with E-state index in [4.69, 9.17) is 4.98 Å². The van der Waals surface area contributed by atoms with Crippen molar-refractivity contribution in [3.05, 3.63) is 54.1 Å². The zero-order valence-corrected chi connectivity index (χ0v) is 21.0. The lowest BCUT2D eigenvalue weighted by molar-refractivity contribution is -0.137. The fourth-order valence-corrected chi connectivity index (χ4v) is 7.50. The normalized spacial score (nSPS) is 20.1. The average molecular weight is 499 g/mol. The first-order valence-corrected chi connectivity index (χ1v) is 14.2. The van der Waals surface area contributed by atoms with Gasteiger partial charge in [0.25, 0.3) is 0 Å². The predicted molar refractivity (Wildman–Crippen MR) is 136 cm³/mol. The highest BCUT2D eigenvalue weighted by Crippen LogP contribution is 2.32. The number of aromatic nitrogens is 1. The molecule has 1 unspecified atom stereocenters. The van der Waals surface area contributed by atoms with E-state index in [2.05, 4.69) is 30.0 Å². The van der Waals surface area contributed by atoms with Crippen molar-refractivity contribution in [2.45, 2.75) is 31.1 Å². The van der Waals surface area contributed by atoms with E-state index in [0.29, 0.717) is 31.0 Å². The maximum atomic E-state index is 13.3. The van der Waals surface area contributed by atoms with Gasteiger partial charge < -0.3 is 9.80 Å². The molecule has 2 fully saturated rings. The third-order valence-corrected chi connectivity index (χ3v) is 9.81. The summed E-state index contributed by atoms with van der Waals surface area (Å²) in [7, 11) is -3.58. The van der Waals surface area contributed by atoms with E-state index in [9.17, 15) is 13.2 Å². The molecule has 2 aliphatic rings. The molecule has 5 rings (SSSR count). The van der Waals surface area contributed by atoms with Crippen molar-refractivity contribution >= 4 is 42.6 Å². The number of rotatable bonds is 5. The number of sulfonamides is 1. The summed E-state index contributed by atoms with van der Waals surface area (Å²) in [6, 6.07) is 14.8.